The van der Waals surface area contributed by atoms with Crippen LogP contribution < -0.4 is 5.32 Å². The van der Waals surface area contributed by atoms with E-state index in [0.29, 0.717) is 37.6 Å². The second kappa shape index (κ2) is 7.37. The first-order chi connectivity index (χ1) is 11.6. The van der Waals surface area contributed by atoms with Crippen molar-refractivity contribution in [3.8, 4) is 0 Å². The van der Waals surface area contributed by atoms with Gasteiger partial charge in [-0.25, -0.2) is 0 Å². The Morgan fingerprint density at radius 3 is 2.33 bits per heavy atom. The zero-order chi connectivity index (χ0) is 17.0. The minimum absolute atomic E-state index is 0.0737. The molecular formula is C20H22ClNO2. The van der Waals surface area contributed by atoms with E-state index in [2.05, 4.69) is 36.5 Å². The van der Waals surface area contributed by atoms with E-state index in [4.69, 9.17) is 16.3 Å². The number of amides is 1. The summed E-state index contributed by atoms with van der Waals surface area (Å²) < 4.78 is 5.50. The lowest BCUT2D eigenvalue weighted by atomic mass is 9.73. The van der Waals surface area contributed by atoms with Crippen molar-refractivity contribution in [2.24, 2.45) is 0 Å². The van der Waals surface area contributed by atoms with Gasteiger partial charge in [0.2, 0.25) is 5.91 Å². The van der Waals surface area contributed by atoms with Crippen LogP contribution >= 0.6 is 11.6 Å². The van der Waals surface area contributed by atoms with Crippen LogP contribution in [0.4, 0.5) is 0 Å². The van der Waals surface area contributed by atoms with Crippen molar-refractivity contribution in [2.75, 3.05) is 13.2 Å². The quantitative estimate of drug-likeness (QED) is 0.910. The van der Waals surface area contributed by atoms with Gasteiger partial charge in [-0.3, -0.25) is 4.79 Å². The van der Waals surface area contributed by atoms with Crippen LogP contribution in [0, 0.1) is 6.92 Å². The third kappa shape index (κ3) is 3.63. The molecule has 1 amide bonds. The number of hydrogen-bond acceptors (Lipinski definition) is 2. The fourth-order valence-corrected chi connectivity index (χ4v) is 3.32. The number of benzene rings is 2. The molecule has 0 radical (unpaired) electrons. The van der Waals surface area contributed by atoms with Crippen molar-refractivity contribution in [1.29, 1.82) is 0 Å². The molecule has 1 heterocycles. The lowest BCUT2D eigenvalue weighted by molar-refractivity contribution is -0.130. The Bertz CT molecular complexity index is 689. The molecule has 0 aliphatic carbocycles. The highest BCUT2D eigenvalue weighted by atomic mass is 35.5. The summed E-state index contributed by atoms with van der Waals surface area (Å²) in [5, 5.41) is 3.80. The van der Waals surface area contributed by atoms with E-state index in [1.807, 2.05) is 24.3 Å². The van der Waals surface area contributed by atoms with Crippen molar-refractivity contribution in [2.45, 2.75) is 31.7 Å². The van der Waals surface area contributed by atoms with E-state index in [1.54, 1.807) is 0 Å². The highest BCUT2D eigenvalue weighted by Gasteiger charge is 2.41. The Hall–Kier alpha value is -1.84. The lowest BCUT2D eigenvalue weighted by Crippen LogP contribution is -2.47. The van der Waals surface area contributed by atoms with Crippen LogP contribution in [0.1, 0.15) is 29.5 Å². The van der Waals surface area contributed by atoms with Gasteiger partial charge < -0.3 is 10.1 Å². The number of nitrogens with one attached hydrogen (secondary N) is 1. The molecule has 1 saturated heterocycles. The Balaban J connectivity index is 1.78. The fraction of sp³-hybridized carbons (Fsp3) is 0.350. The summed E-state index contributed by atoms with van der Waals surface area (Å²) in [7, 11) is 0. The Morgan fingerprint density at radius 2 is 1.71 bits per heavy atom. The van der Waals surface area contributed by atoms with E-state index < -0.39 is 5.41 Å². The monoisotopic (exact) mass is 343 g/mol. The number of rotatable bonds is 4. The van der Waals surface area contributed by atoms with Gasteiger partial charge in [-0.2, -0.15) is 0 Å². The van der Waals surface area contributed by atoms with Crippen LogP contribution in [0.15, 0.2) is 48.5 Å². The number of hydrogen-bond donors (Lipinski definition) is 1. The molecule has 1 N–H and O–H groups in total. The molecule has 1 fully saturated rings. The Kier molecular flexibility index (Phi) is 5.22. The lowest BCUT2D eigenvalue weighted by Gasteiger charge is -2.36. The van der Waals surface area contributed by atoms with Gasteiger partial charge in [0.25, 0.3) is 0 Å². The zero-order valence-electron chi connectivity index (χ0n) is 13.8. The molecule has 3 nitrogen and oxygen atoms in total. The molecule has 126 valence electrons. The average molecular weight is 344 g/mol. The van der Waals surface area contributed by atoms with Gasteiger partial charge in [-0.15, -0.1) is 0 Å². The van der Waals surface area contributed by atoms with Crippen molar-refractivity contribution in [3.63, 3.8) is 0 Å². The maximum absolute atomic E-state index is 13.1. The summed E-state index contributed by atoms with van der Waals surface area (Å²) in [6.07, 6.45) is 1.42. The molecule has 0 spiro atoms. The molecule has 0 atom stereocenters. The van der Waals surface area contributed by atoms with Gasteiger partial charge in [0.1, 0.15) is 0 Å². The molecule has 3 rings (SSSR count). The molecule has 0 bridgehead atoms. The molecule has 0 aromatic heterocycles. The van der Waals surface area contributed by atoms with Gasteiger partial charge in [-0.05, 0) is 43.0 Å². The van der Waals surface area contributed by atoms with Crippen LogP contribution in [0.25, 0.3) is 0 Å². The van der Waals surface area contributed by atoms with Crippen LogP contribution in [0.5, 0.6) is 0 Å². The third-order valence-corrected chi connectivity index (χ3v) is 5.00. The van der Waals surface area contributed by atoms with Crippen molar-refractivity contribution in [3.05, 3.63) is 70.2 Å². The van der Waals surface area contributed by atoms with E-state index >= 15 is 0 Å². The highest BCUT2D eigenvalue weighted by Crippen LogP contribution is 2.35. The second-order valence-corrected chi connectivity index (χ2v) is 6.81. The SMILES string of the molecule is Cc1ccc(C2(C(=O)NCc3ccc(Cl)cc3)CCOCC2)cc1. The first kappa shape index (κ1) is 17.0. The molecule has 1 aliphatic heterocycles. The molecule has 1 aliphatic rings. The first-order valence-corrected chi connectivity index (χ1v) is 8.66. The molecule has 2 aromatic carbocycles. The van der Waals surface area contributed by atoms with Crippen LogP contribution in [0.2, 0.25) is 5.02 Å². The number of ether oxygens (including phenoxy) is 1. The van der Waals surface area contributed by atoms with Crippen LogP contribution in [-0.4, -0.2) is 19.1 Å². The van der Waals surface area contributed by atoms with Gasteiger partial charge in [0.15, 0.2) is 0 Å². The van der Waals surface area contributed by atoms with Gasteiger partial charge in [0, 0.05) is 24.8 Å². The van der Waals surface area contributed by atoms with Crippen molar-refractivity contribution < 1.29 is 9.53 Å². The molecule has 24 heavy (non-hydrogen) atoms. The minimum atomic E-state index is -0.502. The maximum atomic E-state index is 13.1. The fourth-order valence-electron chi connectivity index (χ4n) is 3.19. The first-order valence-electron chi connectivity index (χ1n) is 8.28. The predicted molar refractivity (Wildman–Crippen MR) is 96.2 cm³/mol. The minimum Gasteiger partial charge on any atom is -0.381 e. The van der Waals surface area contributed by atoms with Gasteiger partial charge in [0.05, 0.1) is 5.41 Å². The highest BCUT2D eigenvalue weighted by molar-refractivity contribution is 6.30. The molecule has 2 aromatic rings. The van der Waals surface area contributed by atoms with E-state index in [0.717, 1.165) is 11.1 Å². The zero-order valence-corrected chi connectivity index (χ0v) is 14.6. The molecule has 0 unspecified atom stereocenters. The summed E-state index contributed by atoms with van der Waals surface area (Å²) in [5.41, 5.74) is 2.81. The van der Waals surface area contributed by atoms with E-state index in [-0.39, 0.29) is 5.91 Å². The summed E-state index contributed by atoms with van der Waals surface area (Å²) in [4.78, 5) is 13.1. The van der Waals surface area contributed by atoms with Gasteiger partial charge in [-0.1, -0.05) is 53.6 Å². The largest absolute Gasteiger partial charge is 0.381 e. The summed E-state index contributed by atoms with van der Waals surface area (Å²) in [6, 6.07) is 15.8. The number of halogens is 1. The van der Waals surface area contributed by atoms with Crippen molar-refractivity contribution in [1.82, 2.24) is 5.32 Å². The number of aryl methyl sites for hydroxylation is 1. The third-order valence-electron chi connectivity index (χ3n) is 4.75. The smallest absolute Gasteiger partial charge is 0.231 e. The molecule has 0 saturated carbocycles. The average Bonchev–Trinajstić information content (AvgIpc) is 2.62. The Morgan fingerprint density at radius 1 is 1.08 bits per heavy atom. The van der Waals surface area contributed by atoms with Crippen molar-refractivity contribution >= 4 is 17.5 Å². The van der Waals surface area contributed by atoms with E-state index in [1.165, 1.54) is 5.56 Å². The predicted octanol–water partition coefficient (Wildman–Crippen LogP) is 4.01. The standard InChI is InChI=1S/C20H22ClNO2/c1-15-2-6-17(7-3-15)20(10-12-24-13-11-20)19(23)22-14-16-4-8-18(21)9-5-16/h2-9H,10-14H2,1H3,(H,22,23). The maximum Gasteiger partial charge on any atom is 0.231 e. The normalized spacial score (nSPS) is 16.6. The van der Waals surface area contributed by atoms with Gasteiger partial charge >= 0.3 is 0 Å². The van der Waals surface area contributed by atoms with Crippen LogP contribution in [-0.2, 0) is 21.5 Å². The summed E-state index contributed by atoms with van der Waals surface area (Å²) in [5.74, 6) is 0.0737. The Labute approximate surface area is 148 Å². The second-order valence-electron chi connectivity index (χ2n) is 6.37. The summed E-state index contributed by atoms with van der Waals surface area (Å²) >= 11 is 5.91. The number of carbonyl (C=O) groups excluding carboxylic acids is 1. The topological polar surface area (TPSA) is 38.3 Å². The molecule has 4 heteroatoms. The van der Waals surface area contributed by atoms with Crippen LogP contribution in [0.3, 0.4) is 0 Å². The van der Waals surface area contributed by atoms with E-state index in [9.17, 15) is 4.79 Å². The summed E-state index contributed by atoms with van der Waals surface area (Å²) in [6.45, 7) is 3.79. The number of carbonyl (C=O) groups is 1. The molecular weight excluding hydrogens is 322 g/mol.